The molecule has 0 amide bonds. The highest BCUT2D eigenvalue weighted by molar-refractivity contribution is 5.84. The third kappa shape index (κ3) is 7.24. The molecule has 0 radical (unpaired) electrons. The zero-order chi connectivity index (χ0) is 45.2. The molecule has 11 saturated heterocycles. The summed E-state index contributed by atoms with van der Waals surface area (Å²) in [5.41, 5.74) is -2.03. The van der Waals surface area contributed by atoms with Crippen molar-refractivity contribution in [3.05, 3.63) is 23.8 Å². The second-order valence-electron chi connectivity index (χ2n) is 23.4. The van der Waals surface area contributed by atoms with E-state index in [0.717, 1.165) is 31.1 Å². The Hall–Kier alpha value is -1.86. The average Bonchev–Trinajstić information content (AvgIpc) is 4.02. The van der Waals surface area contributed by atoms with Gasteiger partial charge in [0.25, 0.3) is 0 Å². The fraction of sp³-hybridized carbons (Fsp3) is 0.880. The maximum absolute atomic E-state index is 12.3. The Bertz CT molecular complexity index is 1980. The van der Waals surface area contributed by atoms with E-state index in [2.05, 4.69) is 41.2 Å². The van der Waals surface area contributed by atoms with E-state index in [1.165, 1.54) is 0 Å². The van der Waals surface area contributed by atoms with Gasteiger partial charge in [-0.3, -0.25) is 4.79 Å². The van der Waals surface area contributed by atoms with Gasteiger partial charge in [0.1, 0.15) is 36.3 Å². The summed E-state index contributed by atoms with van der Waals surface area (Å²) in [6.45, 7) is 18.7. The first-order valence-electron chi connectivity index (χ1n) is 24.9. The maximum atomic E-state index is 12.3. The lowest BCUT2D eigenvalue weighted by atomic mass is 9.72. The predicted octanol–water partition coefficient (Wildman–Crippen LogP) is 4.68. The number of hydrogen-bond donors (Lipinski definition) is 1. The molecule has 12 aliphatic heterocycles. The molecule has 11 unspecified atom stereocenters. The minimum atomic E-state index is -0.923. The van der Waals surface area contributed by atoms with Crippen LogP contribution in [0, 0.1) is 5.92 Å². The Balaban J connectivity index is 0.741. The van der Waals surface area contributed by atoms with Gasteiger partial charge in [0, 0.05) is 63.9 Å². The van der Waals surface area contributed by atoms with Crippen LogP contribution in [0.1, 0.15) is 126 Å². The first kappa shape index (κ1) is 44.4. The molecule has 0 aromatic rings. The smallest absolute Gasteiger partial charge is 0.331 e. The third-order valence-corrected chi connectivity index (χ3v) is 18.5. The summed E-state index contributed by atoms with van der Waals surface area (Å²) >= 11 is 0. The molecule has 0 bridgehead atoms. The molecular formula is C50H70O15. The second-order valence-corrected chi connectivity index (χ2v) is 23.4. The molecule has 0 spiro atoms. The Labute approximate surface area is 382 Å². The highest BCUT2D eigenvalue weighted by Gasteiger charge is 2.68. The summed E-state index contributed by atoms with van der Waals surface area (Å²) in [5.74, 6) is -0.153. The molecule has 0 saturated carbocycles. The normalized spacial score (nSPS) is 58.8. The van der Waals surface area contributed by atoms with Crippen LogP contribution >= 0.6 is 0 Å². The quantitative estimate of drug-likeness (QED) is 0.179. The first-order chi connectivity index (χ1) is 30.8. The van der Waals surface area contributed by atoms with Crippen LogP contribution < -0.4 is 0 Å². The number of aldehydes is 1. The van der Waals surface area contributed by atoms with Gasteiger partial charge in [-0.05, 0) is 77.9 Å². The average molecular weight is 911 g/mol. The summed E-state index contributed by atoms with van der Waals surface area (Å²) in [6.07, 6.45) is 4.90. The maximum Gasteiger partial charge on any atom is 0.331 e. The summed E-state index contributed by atoms with van der Waals surface area (Å²) in [5, 5.41) is 11.5. The van der Waals surface area contributed by atoms with Gasteiger partial charge in [-0.2, -0.15) is 0 Å². The summed E-state index contributed by atoms with van der Waals surface area (Å²) in [6, 6.07) is 0. The van der Waals surface area contributed by atoms with Crippen molar-refractivity contribution in [3.63, 3.8) is 0 Å². The van der Waals surface area contributed by atoms with Gasteiger partial charge in [-0.25, -0.2) is 4.79 Å². The number of epoxide rings is 1. The second kappa shape index (κ2) is 15.3. The summed E-state index contributed by atoms with van der Waals surface area (Å²) < 4.78 is 82.4. The number of carbonyl (C=O) groups excluding carboxylic acids is 2. The topological polar surface area (TPSA) is 168 Å². The molecule has 0 aliphatic carbocycles. The van der Waals surface area contributed by atoms with E-state index >= 15 is 0 Å². The van der Waals surface area contributed by atoms with Crippen LogP contribution in [0.25, 0.3) is 0 Å². The van der Waals surface area contributed by atoms with Gasteiger partial charge < -0.3 is 61.9 Å². The Kier molecular flexibility index (Phi) is 10.5. The lowest BCUT2D eigenvalue weighted by Gasteiger charge is -2.61. The molecule has 15 heteroatoms. The van der Waals surface area contributed by atoms with Crippen molar-refractivity contribution in [2.75, 3.05) is 0 Å². The fourth-order valence-corrected chi connectivity index (χ4v) is 14.7. The molecule has 11 fully saturated rings. The summed E-state index contributed by atoms with van der Waals surface area (Å²) in [7, 11) is 0. The number of aliphatic hydroxyl groups excluding tert-OH is 1. The highest BCUT2D eigenvalue weighted by Crippen LogP contribution is 2.57. The van der Waals surface area contributed by atoms with Crippen LogP contribution in [-0.4, -0.2) is 161 Å². The van der Waals surface area contributed by atoms with E-state index in [0.29, 0.717) is 63.4 Å². The molecule has 25 atom stereocenters. The molecule has 12 heterocycles. The van der Waals surface area contributed by atoms with E-state index in [1.54, 1.807) is 6.08 Å². The van der Waals surface area contributed by atoms with Crippen molar-refractivity contribution >= 4 is 12.3 Å². The number of aliphatic hydroxyl groups is 1. The number of hydrogen-bond acceptors (Lipinski definition) is 15. The predicted molar refractivity (Wildman–Crippen MR) is 228 cm³/mol. The number of esters is 1. The van der Waals surface area contributed by atoms with Crippen LogP contribution in [0.2, 0.25) is 0 Å². The number of fused-ring (bicyclic) bond motifs is 12. The number of carbonyl (C=O) groups is 2. The Morgan fingerprint density at radius 3 is 2.18 bits per heavy atom. The van der Waals surface area contributed by atoms with Crippen LogP contribution in [0.5, 0.6) is 0 Å². The summed E-state index contributed by atoms with van der Waals surface area (Å²) in [4.78, 5) is 23.6. The minimum Gasteiger partial charge on any atom is -0.456 e. The molecular weight excluding hydrogens is 841 g/mol. The van der Waals surface area contributed by atoms with E-state index < -0.39 is 40.2 Å². The van der Waals surface area contributed by atoms with E-state index in [1.807, 2.05) is 13.8 Å². The van der Waals surface area contributed by atoms with Gasteiger partial charge >= 0.3 is 5.97 Å². The van der Waals surface area contributed by atoms with Crippen LogP contribution in [0.15, 0.2) is 23.8 Å². The molecule has 65 heavy (non-hydrogen) atoms. The first-order valence-corrected chi connectivity index (χ1v) is 24.9. The molecule has 12 rings (SSSR count). The number of ether oxygens (including phenoxy) is 12. The SMILES string of the molecule is C=C(C=O)C[C@@H]1C[C@H](O)[C@]2(C)O[C@@H]3C[C@@H]4O[C@@H]5C[C@]6(C)O[C@]7(C)CC[C@@H]8O[C@@H]9C[C@]%10(C)O[C@@H]%11C(C)=CC(=O)OC%11CC%10OC9C[C@@H](C)C8OC7CC6O[C@@]5(C)CC5OC5C4OC3CC2O1. The lowest BCUT2D eigenvalue weighted by molar-refractivity contribution is -0.360. The molecule has 0 aromatic carbocycles. The molecule has 0 aromatic heterocycles. The van der Waals surface area contributed by atoms with E-state index in [-0.39, 0.29) is 116 Å². The van der Waals surface area contributed by atoms with E-state index in [9.17, 15) is 14.7 Å². The van der Waals surface area contributed by atoms with Crippen molar-refractivity contribution in [2.45, 2.75) is 269 Å². The molecule has 360 valence electrons. The van der Waals surface area contributed by atoms with E-state index in [4.69, 9.17) is 56.8 Å². The zero-order valence-electron chi connectivity index (χ0n) is 39.1. The molecule has 15 nitrogen and oxygen atoms in total. The van der Waals surface area contributed by atoms with Crippen molar-refractivity contribution in [1.29, 1.82) is 0 Å². The largest absolute Gasteiger partial charge is 0.456 e. The van der Waals surface area contributed by atoms with Crippen molar-refractivity contribution < 1.29 is 71.5 Å². The standard InChI is InChI=1S/C50H70O15/c1-23(22-51)11-26-14-35(52)50(8)39(54-26)16-29-30(62-50)15-31-44(59-29)45-34(60-45)20-48(6)40(57-31)21-49(7)38(63-48)18-37-46(4,65-49)10-9-27-42(61-37)24(2)12-28-33(55-27)19-47(5)36(56-28)17-32-43(64-47)25(3)13-41(53)58-32/h13,22,24,26-40,42-45,52H,1,9-12,14-21H2,2-8H3/t24-,26-,27+,28?,29?,30-,31+,32?,33-,34?,35+,36?,37?,38?,39?,40-,42?,43-,44?,45?,46-,47+,48+,49+,50+/m1/s1. The van der Waals surface area contributed by atoms with Crippen LogP contribution in [0.4, 0.5) is 0 Å². The monoisotopic (exact) mass is 910 g/mol. The van der Waals surface area contributed by atoms with Crippen molar-refractivity contribution in [2.24, 2.45) is 5.92 Å². The fourth-order valence-electron chi connectivity index (χ4n) is 14.7. The van der Waals surface area contributed by atoms with Gasteiger partial charge in [-0.1, -0.05) is 13.5 Å². The lowest BCUT2D eigenvalue weighted by Crippen LogP contribution is -2.71. The van der Waals surface area contributed by atoms with Gasteiger partial charge in [0.05, 0.1) is 114 Å². The van der Waals surface area contributed by atoms with Crippen LogP contribution in [0.3, 0.4) is 0 Å². The van der Waals surface area contributed by atoms with Gasteiger partial charge in [0.15, 0.2) is 0 Å². The Morgan fingerprint density at radius 2 is 1.37 bits per heavy atom. The van der Waals surface area contributed by atoms with Crippen molar-refractivity contribution in [3.8, 4) is 0 Å². The van der Waals surface area contributed by atoms with Gasteiger partial charge in [-0.15, -0.1) is 0 Å². The number of rotatable bonds is 3. The van der Waals surface area contributed by atoms with Crippen LogP contribution in [-0.2, 0) is 66.4 Å². The highest BCUT2D eigenvalue weighted by atomic mass is 16.7. The Morgan fingerprint density at radius 1 is 0.662 bits per heavy atom. The van der Waals surface area contributed by atoms with Crippen molar-refractivity contribution in [1.82, 2.24) is 0 Å². The van der Waals surface area contributed by atoms with Gasteiger partial charge in [0.2, 0.25) is 0 Å². The zero-order valence-corrected chi connectivity index (χ0v) is 39.1. The molecule has 12 aliphatic rings. The molecule has 1 N–H and O–H groups in total. The minimum absolute atomic E-state index is 0.0310. The third-order valence-electron chi connectivity index (χ3n) is 18.5.